The van der Waals surface area contributed by atoms with Gasteiger partial charge >= 0.3 is 0 Å². The van der Waals surface area contributed by atoms with Crippen LogP contribution in [0.25, 0.3) is 11.1 Å². The fourth-order valence-electron chi connectivity index (χ4n) is 2.02. The van der Waals surface area contributed by atoms with E-state index in [0.717, 1.165) is 0 Å². The minimum absolute atomic E-state index is 0.0331. The SMILES string of the molecule is COc1ccc(-c2c(C#N)c(N)[nH]c(=O)c2C#N)c(Cl)c1O. The van der Waals surface area contributed by atoms with Crippen molar-refractivity contribution in [1.29, 1.82) is 10.5 Å². The first-order valence-corrected chi connectivity index (χ1v) is 6.25. The van der Waals surface area contributed by atoms with Crippen LogP contribution >= 0.6 is 11.6 Å². The number of nitrogens with one attached hydrogen (secondary N) is 1. The van der Waals surface area contributed by atoms with Gasteiger partial charge in [-0.2, -0.15) is 10.5 Å². The zero-order valence-electron chi connectivity index (χ0n) is 11.3. The minimum atomic E-state index is -0.750. The summed E-state index contributed by atoms with van der Waals surface area (Å²) in [6, 6.07) is 6.37. The van der Waals surface area contributed by atoms with E-state index >= 15 is 0 Å². The number of nitrogen functional groups attached to an aromatic ring is 1. The maximum atomic E-state index is 11.9. The van der Waals surface area contributed by atoms with E-state index in [1.165, 1.54) is 19.2 Å². The van der Waals surface area contributed by atoms with E-state index < -0.39 is 5.56 Å². The molecule has 110 valence electrons. The average Bonchev–Trinajstić information content (AvgIpc) is 2.49. The Hall–Kier alpha value is -3.16. The number of nitriles is 2. The molecule has 0 aliphatic carbocycles. The molecule has 8 heteroatoms. The lowest BCUT2D eigenvalue weighted by Gasteiger charge is -2.13. The molecule has 0 amide bonds. The second-order valence-corrected chi connectivity index (χ2v) is 4.57. The number of hydrogen-bond donors (Lipinski definition) is 3. The molecular formula is C14H9ClN4O3. The maximum Gasteiger partial charge on any atom is 0.268 e. The molecule has 7 nitrogen and oxygen atoms in total. The zero-order chi connectivity index (χ0) is 16.4. The Bertz CT molecular complexity index is 906. The molecular weight excluding hydrogens is 308 g/mol. The summed E-state index contributed by atoms with van der Waals surface area (Å²) < 4.78 is 4.92. The van der Waals surface area contributed by atoms with Gasteiger partial charge in [-0.15, -0.1) is 0 Å². The number of halogens is 1. The predicted molar refractivity (Wildman–Crippen MR) is 79.6 cm³/mol. The van der Waals surface area contributed by atoms with Crippen LogP contribution in [0.4, 0.5) is 5.82 Å². The number of phenolic OH excluding ortho intramolecular Hbond substituents is 1. The number of hydrogen-bond acceptors (Lipinski definition) is 6. The van der Waals surface area contributed by atoms with Crippen molar-refractivity contribution in [3.05, 3.63) is 38.6 Å². The Labute approximate surface area is 129 Å². The van der Waals surface area contributed by atoms with E-state index in [2.05, 4.69) is 4.98 Å². The highest BCUT2D eigenvalue weighted by Crippen LogP contribution is 2.42. The standard InChI is InChI=1S/C14H9ClN4O3/c1-22-9-3-2-6(11(15)12(9)20)10-7(4-16)13(18)19-14(21)8(10)5-17/h2-3,20H,1H3,(H3,18,19,21). The van der Waals surface area contributed by atoms with Crippen molar-refractivity contribution in [3.8, 4) is 34.8 Å². The topological polar surface area (TPSA) is 136 Å². The van der Waals surface area contributed by atoms with Gasteiger partial charge in [0.05, 0.1) is 12.1 Å². The van der Waals surface area contributed by atoms with Gasteiger partial charge in [0.25, 0.3) is 5.56 Å². The molecule has 1 aromatic heterocycles. The number of aromatic amines is 1. The smallest absolute Gasteiger partial charge is 0.268 e. The van der Waals surface area contributed by atoms with Crippen molar-refractivity contribution in [1.82, 2.24) is 4.98 Å². The molecule has 2 rings (SSSR count). The third-order valence-corrected chi connectivity index (χ3v) is 3.42. The van der Waals surface area contributed by atoms with Crippen molar-refractivity contribution in [2.45, 2.75) is 0 Å². The van der Waals surface area contributed by atoms with E-state index in [1.807, 2.05) is 6.07 Å². The summed E-state index contributed by atoms with van der Waals surface area (Å²) in [5, 5.41) is 28.2. The van der Waals surface area contributed by atoms with Crippen LogP contribution < -0.4 is 16.0 Å². The highest BCUT2D eigenvalue weighted by atomic mass is 35.5. The number of nitrogens with two attached hydrogens (primary N) is 1. The molecule has 0 radical (unpaired) electrons. The molecule has 1 aromatic carbocycles. The van der Waals surface area contributed by atoms with Crippen LogP contribution in [0.15, 0.2) is 16.9 Å². The fraction of sp³-hybridized carbons (Fsp3) is 0.0714. The van der Waals surface area contributed by atoms with E-state index in [-0.39, 0.29) is 44.6 Å². The molecule has 0 unspecified atom stereocenters. The van der Waals surface area contributed by atoms with Gasteiger partial charge in [0, 0.05) is 11.1 Å². The van der Waals surface area contributed by atoms with Gasteiger partial charge in [0.2, 0.25) is 0 Å². The average molecular weight is 317 g/mol. The quantitative estimate of drug-likeness (QED) is 0.771. The molecule has 0 bridgehead atoms. The number of rotatable bonds is 2. The summed E-state index contributed by atoms with van der Waals surface area (Å²) in [6.45, 7) is 0. The Morgan fingerprint density at radius 1 is 1.32 bits per heavy atom. The Balaban J connectivity index is 2.96. The Morgan fingerprint density at radius 3 is 2.50 bits per heavy atom. The van der Waals surface area contributed by atoms with Gasteiger partial charge in [-0.3, -0.25) is 4.79 Å². The summed E-state index contributed by atoms with van der Waals surface area (Å²) in [6.07, 6.45) is 0. The van der Waals surface area contributed by atoms with Gasteiger partial charge < -0.3 is 20.6 Å². The van der Waals surface area contributed by atoms with Crippen LogP contribution in [0.3, 0.4) is 0 Å². The molecule has 0 saturated carbocycles. The number of aromatic nitrogens is 1. The third-order valence-electron chi connectivity index (χ3n) is 3.04. The van der Waals surface area contributed by atoms with Crippen molar-refractivity contribution < 1.29 is 9.84 Å². The lowest BCUT2D eigenvalue weighted by atomic mass is 9.96. The molecule has 0 aliphatic heterocycles. The number of ether oxygens (including phenoxy) is 1. The molecule has 0 saturated heterocycles. The van der Waals surface area contributed by atoms with Gasteiger partial charge in [-0.25, -0.2) is 0 Å². The van der Waals surface area contributed by atoms with E-state index in [9.17, 15) is 20.4 Å². The Morgan fingerprint density at radius 2 is 1.95 bits per heavy atom. The van der Waals surface area contributed by atoms with Crippen LogP contribution in [0.5, 0.6) is 11.5 Å². The van der Waals surface area contributed by atoms with Crippen molar-refractivity contribution in [3.63, 3.8) is 0 Å². The van der Waals surface area contributed by atoms with Crippen molar-refractivity contribution in [2.75, 3.05) is 12.8 Å². The highest BCUT2D eigenvalue weighted by molar-refractivity contribution is 6.35. The molecule has 0 fully saturated rings. The van der Waals surface area contributed by atoms with Crippen molar-refractivity contribution in [2.24, 2.45) is 0 Å². The summed E-state index contributed by atoms with van der Waals surface area (Å²) in [5.41, 5.74) is 4.54. The molecule has 1 heterocycles. The Kier molecular flexibility index (Phi) is 3.93. The monoisotopic (exact) mass is 316 g/mol. The van der Waals surface area contributed by atoms with E-state index in [0.29, 0.717) is 0 Å². The van der Waals surface area contributed by atoms with Gasteiger partial charge in [0.1, 0.15) is 29.1 Å². The summed E-state index contributed by atoms with van der Waals surface area (Å²) in [4.78, 5) is 14.1. The third kappa shape index (κ3) is 2.20. The fourth-order valence-corrected chi connectivity index (χ4v) is 2.27. The van der Waals surface area contributed by atoms with Crippen LogP contribution in [-0.4, -0.2) is 17.2 Å². The zero-order valence-corrected chi connectivity index (χ0v) is 12.0. The number of H-pyrrole nitrogens is 1. The first-order valence-electron chi connectivity index (χ1n) is 5.88. The van der Waals surface area contributed by atoms with Crippen LogP contribution in [-0.2, 0) is 0 Å². The number of anilines is 1. The van der Waals surface area contributed by atoms with Crippen LogP contribution in [0, 0.1) is 22.7 Å². The lowest BCUT2D eigenvalue weighted by molar-refractivity contribution is 0.374. The molecule has 0 spiro atoms. The molecule has 2 aromatic rings. The van der Waals surface area contributed by atoms with E-state index in [4.69, 9.17) is 22.1 Å². The van der Waals surface area contributed by atoms with Crippen LogP contribution in [0.1, 0.15) is 11.1 Å². The normalized spacial score (nSPS) is 9.82. The van der Waals surface area contributed by atoms with E-state index in [1.54, 1.807) is 6.07 Å². The second-order valence-electron chi connectivity index (χ2n) is 4.19. The molecule has 0 aliphatic rings. The second kappa shape index (κ2) is 5.68. The van der Waals surface area contributed by atoms with Crippen molar-refractivity contribution >= 4 is 17.4 Å². The molecule has 22 heavy (non-hydrogen) atoms. The number of benzene rings is 1. The van der Waals surface area contributed by atoms with Gasteiger partial charge in [-0.1, -0.05) is 11.6 Å². The lowest BCUT2D eigenvalue weighted by Crippen LogP contribution is -2.16. The summed E-state index contributed by atoms with van der Waals surface area (Å²) >= 11 is 6.07. The number of methoxy groups -OCH3 is 1. The first kappa shape index (κ1) is 15.2. The number of nitrogens with zero attached hydrogens (tertiary/aromatic N) is 2. The van der Waals surface area contributed by atoms with Gasteiger partial charge in [-0.05, 0) is 12.1 Å². The maximum absolute atomic E-state index is 11.9. The number of pyridine rings is 1. The summed E-state index contributed by atoms with van der Waals surface area (Å²) in [5.74, 6) is -0.440. The molecule has 0 atom stereocenters. The van der Waals surface area contributed by atoms with Crippen LogP contribution in [0.2, 0.25) is 5.02 Å². The van der Waals surface area contributed by atoms with Gasteiger partial charge in [0.15, 0.2) is 11.5 Å². The predicted octanol–water partition coefficient (Wildman–Crippen LogP) is 1.74. The highest BCUT2D eigenvalue weighted by Gasteiger charge is 2.22. The number of phenols is 1. The minimum Gasteiger partial charge on any atom is -0.503 e. The molecule has 4 N–H and O–H groups in total. The number of aromatic hydroxyl groups is 1. The largest absolute Gasteiger partial charge is 0.503 e. The summed E-state index contributed by atoms with van der Waals surface area (Å²) in [7, 11) is 1.34. The first-order chi connectivity index (χ1) is 10.5.